The lowest BCUT2D eigenvalue weighted by atomic mass is 9.94. The number of aryl methyl sites for hydroxylation is 2. The van der Waals surface area contributed by atoms with Crippen LogP contribution in [0, 0.1) is 13.8 Å². The Morgan fingerprint density at radius 2 is 0.492 bits per heavy atom. The molecule has 0 saturated heterocycles. The van der Waals surface area contributed by atoms with Crippen molar-refractivity contribution < 1.29 is 0 Å². The molecule has 9 aromatic rings. The summed E-state index contributed by atoms with van der Waals surface area (Å²) >= 11 is 0. The van der Waals surface area contributed by atoms with Crippen molar-refractivity contribution in [2.24, 2.45) is 0 Å². The largest absolute Gasteiger partial charge is 0.311 e. The number of benzene rings is 9. The molecule has 0 heterocycles. The fourth-order valence-electron chi connectivity index (χ4n) is 7.84. The maximum atomic E-state index is 2.32. The van der Waals surface area contributed by atoms with Crippen LogP contribution in [0.4, 0.5) is 51.2 Å². The van der Waals surface area contributed by atoms with E-state index in [0.29, 0.717) is 0 Å². The van der Waals surface area contributed by atoms with Crippen molar-refractivity contribution in [1.29, 1.82) is 0 Å². The summed E-state index contributed by atoms with van der Waals surface area (Å²) in [7, 11) is 0. The standard InChI is InChI=1S/C58H47N3/c1-44-23-33-53(34-24-44)61(54-35-25-45(2)26-36-54)55-37-27-46(28-38-55)43-58(47-29-39-56(40-30-47)59(49-15-7-3-8-16-49)50-17-9-4-10-18-50)48-31-41-57(42-32-48)60(51-19-11-5-12-20-51)52-21-13-6-14-22-52/h3-43H,1-2H3. The molecule has 0 aliphatic heterocycles. The Kier molecular flexibility index (Phi) is 11.4. The number of anilines is 9. The molecule has 9 aromatic carbocycles. The molecule has 294 valence electrons. The van der Waals surface area contributed by atoms with Crippen LogP contribution in [-0.4, -0.2) is 0 Å². The summed E-state index contributed by atoms with van der Waals surface area (Å²) in [5.41, 5.74) is 17.0. The van der Waals surface area contributed by atoms with Crippen LogP contribution in [0.1, 0.15) is 27.8 Å². The molecule has 0 fully saturated rings. The van der Waals surface area contributed by atoms with Gasteiger partial charge in [-0.1, -0.05) is 145 Å². The van der Waals surface area contributed by atoms with Gasteiger partial charge in [0.1, 0.15) is 0 Å². The topological polar surface area (TPSA) is 9.72 Å². The Balaban J connectivity index is 1.12. The van der Waals surface area contributed by atoms with E-state index in [1.165, 1.54) is 11.1 Å². The average Bonchev–Trinajstić information content (AvgIpc) is 3.32. The first kappa shape index (κ1) is 38.6. The Morgan fingerprint density at radius 1 is 0.262 bits per heavy atom. The van der Waals surface area contributed by atoms with E-state index in [1.54, 1.807) is 0 Å². The van der Waals surface area contributed by atoms with E-state index in [2.05, 4.69) is 277 Å². The van der Waals surface area contributed by atoms with E-state index >= 15 is 0 Å². The van der Waals surface area contributed by atoms with Gasteiger partial charge in [-0.05, 0) is 151 Å². The van der Waals surface area contributed by atoms with Crippen LogP contribution < -0.4 is 14.7 Å². The summed E-state index contributed by atoms with van der Waals surface area (Å²) < 4.78 is 0. The van der Waals surface area contributed by atoms with Gasteiger partial charge < -0.3 is 14.7 Å². The van der Waals surface area contributed by atoms with Crippen LogP contribution in [0.25, 0.3) is 11.6 Å². The van der Waals surface area contributed by atoms with Crippen LogP contribution in [0.5, 0.6) is 0 Å². The summed E-state index contributed by atoms with van der Waals surface area (Å²) in [6.07, 6.45) is 2.31. The highest BCUT2D eigenvalue weighted by Gasteiger charge is 2.17. The summed E-state index contributed by atoms with van der Waals surface area (Å²) in [5.74, 6) is 0. The van der Waals surface area contributed by atoms with E-state index in [0.717, 1.165) is 73.4 Å². The zero-order valence-corrected chi connectivity index (χ0v) is 34.5. The average molecular weight is 786 g/mol. The third kappa shape index (κ3) is 8.78. The van der Waals surface area contributed by atoms with E-state index in [1.807, 2.05) is 0 Å². The summed E-state index contributed by atoms with van der Waals surface area (Å²) in [6.45, 7) is 4.26. The maximum Gasteiger partial charge on any atom is 0.0462 e. The third-order valence-electron chi connectivity index (χ3n) is 11.0. The smallest absolute Gasteiger partial charge is 0.0462 e. The molecular weight excluding hydrogens is 739 g/mol. The van der Waals surface area contributed by atoms with E-state index < -0.39 is 0 Å². The van der Waals surface area contributed by atoms with Crippen molar-refractivity contribution in [2.45, 2.75) is 13.8 Å². The molecule has 0 atom stereocenters. The molecule has 0 spiro atoms. The second-order valence-corrected chi connectivity index (χ2v) is 15.3. The van der Waals surface area contributed by atoms with Crippen LogP contribution in [0.15, 0.2) is 243 Å². The zero-order chi connectivity index (χ0) is 41.4. The van der Waals surface area contributed by atoms with Crippen LogP contribution in [-0.2, 0) is 0 Å². The number of para-hydroxylation sites is 4. The number of hydrogen-bond donors (Lipinski definition) is 0. The number of nitrogens with zero attached hydrogens (tertiary/aromatic N) is 3. The predicted molar refractivity (Wildman–Crippen MR) is 260 cm³/mol. The molecule has 0 saturated carbocycles. The van der Waals surface area contributed by atoms with E-state index in [-0.39, 0.29) is 0 Å². The molecule has 0 aliphatic rings. The van der Waals surface area contributed by atoms with Crippen molar-refractivity contribution in [3.8, 4) is 0 Å². The lowest BCUT2D eigenvalue weighted by Gasteiger charge is -2.26. The molecule has 0 unspecified atom stereocenters. The van der Waals surface area contributed by atoms with Gasteiger partial charge in [0.05, 0.1) is 0 Å². The minimum atomic E-state index is 1.09. The quantitative estimate of drug-likeness (QED) is 0.114. The van der Waals surface area contributed by atoms with Gasteiger partial charge in [0.25, 0.3) is 0 Å². The number of hydrogen-bond acceptors (Lipinski definition) is 3. The SMILES string of the molecule is Cc1ccc(N(c2ccc(C)cc2)c2ccc(C=C(c3ccc(N(c4ccccc4)c4ccccc4)cc3)c3ccc(N(c4ccccc4)c4ccccc4)cc3)cc2)cc1. The van der Waals surface area contributed by atoms with Crippen LogP contribution in [0.3, 0.4) is 0 Å². The summed E-state index contributed by atoms with van der Waals surface area (Å²) in [5, 5.41) is 0. The highest BCUT2D eigenvalue weighted by Crippen LogP contribution is 2.39. The fraction of sp³-hybridized carbons (Fsp3) is 0.0345. The lowest BCUT2D eigenvalue weighted by Crippen LogP contribution is -2.10. The van der Waals surface area contributed by atoms with Gasteiger partial charge in [-0.3, -0.25) is 0 Å². The molecule has 3 heteroatoms. The molecule has 0 bridgehead atoms. The Morgan fingerprint density at radius 3 is 0.770 bits per heavy atom. The Labute approximate surface area is 360 Å². The predicted octanol–water partition coefficient (Wildman–Crippen LogP) is 16.3. The van der Waals surface area contributed by atoms with Gasteiger partial charge in [-0.15, -0.1) is 0 Å². The first-order valence-corrected chi connectivity index (χ1v) is 20.8. The second kappa shape index (κ2) is 17.9. The Bertz CT molecular complexity index is 2550. The molecule has 0 radical (unpaired) electrons. The van der Waals surface area contributed by atoms with Gasteiger partial charge in [0, 0.05) is 51.2 Å². The summed E-state index contributed by atoms with van der Waals surface area (Å²) in [4.78, 5) is 6.92. The van der Waals surface area contributed by atoms with Gasteiger partial charge >= 0.3 is 0 Å². The zero-order valence-electron chi connectivity index (χ0n) is 34.5. The molecule has 0 aromatic heterocycles. The van der Waals surface area contributed by atoms with Crippen molar-refractivity contribution in [3.05, 3.63) is 270 Å². The molecule has 9 rings (SSSR count). The summed E-state index contributed by atoms with van der Waals surface area (Å²) in [6, 6.07) is 86.5. The van der Waals surface area contributed by atoms with E-state index in [4.69, 9.17) is 0 Å². The molecule has 61 heavy (non-hydrogen) atoms. The van der Waals surface area contributed by atoms with Gasteiger partial charge in [0.15, 0.2) is 0 Å². The molecular formula is C58H47N3. The molecule has 0 aliphatic carbocycles. The van der Waals surface area contributed by atoms with Crippen molar-refractivity contribution in [1.82, 2.24) is 0 Å². The van der Waals surface area contributed by atoms with E-state index in [9.17, 15) is 0 Å². The van der Waals surface area contributed by atoms with Crippen LogP contribution in [0.2, 0.25) is 0 Å². The molecule has 0 N–H and O–H groups in total. The fourth-order valence-corrected chi connectivity index (χ4v) is 7.84. The monoisotopic (exact) mass is 785 g/mol. The van der Waals surface area contributed by atoms with Crippen molar-refractivity contribution in [2.75, 3.05) is 14.7 Å². The molecule has 3 nitrogen and oxygen atoms in total. The maximum absolute atomic E-state index is 2.32. The van der Waals surface area contributed by atoms with Crippen LogP contribution >= 0.6 is 0 Å². The van der Waals surface area contributed by atoms with Gasteiger partial charge in [-0.25, -0.2) is 0 Å². The first-order valence-electron chi connectivity index (χ1n) is 20.8. The number of rotatable bonds is 12. The highest BCUT2D eigenvalue weighted by atomic mass is 15.2. The second-order valence-electron chi connectivity index (χ2n) is 15.3. The Hall–Kier alpha value is -7.88. The molecule has 0 amide bonds. The van der Waals surface area contributed by atoms with Crippen molar-refractivity contribution >= 4 is 62.8 Å². The minimum absolute atomic E-state index is 1.09. The first-order chi connectivity index (χ1) is 30.1. The normalized spacial score (nSPS) is 10.8. The highest BCUT2D eigenvalue weighted by molar-refractivity contribution is 5.93. The van der Waals surface area contributed by atoms with Gasteiger partial charge in [0.2, 0.25) is 0 Å². The minimum Gasteiger partial charge on any atom is -0.311 e. The van der Waals surface area contributed by atoms with Crippen molar-refractivity contribution in [3.63, 3.8) is 0 Å². The lowest BCUT2D eigenvalue weighted by molar-refractivity contribution is 1.27. The third-order valence-corrected chi connectivity index (χ3v) is 11.0. The van der Waals surface area contributed by atoms with Gasteiger partial charge in [-0.2, -0.15) is 0 Å².